The van der Waals surface area contributed by atoms with Crippen LogP contribution in [0.15, 0.2) is 60.7 Å². The van der Waals surface area contributed by atoms with Crippen LogP contribution in [0.2, 0.25) is 0 Å². The van der Waals surface area contributed by atoms with E-state index in [4.69, 9.17) is 5.11 Å². The second-order valence-corrected chi connectivity index (χ2v) is 14.9. The summed E-state index contributed by atoms with van der Waals surface area (Å²) >= 11 is 1.36. The van der Waals surface area contributed by atoms with Crippen molar-refractivity contribution in [2.45, 2.75) is 64.5 Å². The van der Waals surface area contributed by atoms with Crippen LogP contribution >= 0.6 is 11.3 Å². The molecule has 3 N–H and O–H groups in total. The fourth-order valence-corrected chi connectivity index (χ4v) is 8.18. The van der Waals surface area contributed by atoms with Gasteiger partial charge in [0.15, 0.2) is 0 Å². The summed E-state index contributed by atoms with van der Waals surface area (Å²) in [4.78, 5) is 54.9. The highest BCUT2D eigenvalue weighted by molar-refractivity contribution is 7.17. The molecule has 3 amide bonds. The van der Waals surface area contributed by atoms with Gasteiger partial charge in [0, 0.05) is 53.4 Å². The lowest BCUT2D eigenvalue weighted by molar-refractivity contribution is -0.123. The van der Waals surface area contributed by atoms with E-state index in [1.165, 1.54) is 23.5 Å². The highest BCUT2D eigenvalue weighted by atomic mass is 32.1. The maximum atomic E-state index is 15.2. The number of thiophene rings is 1. The van der Waals surface area contributed by atoms with Crippen LogP contribution in [-0.4, -0.2) is 64.3 Å². The molecule has 0 radical (unpaired) electrons. The van der Waals surface area contributed by atoms with E-state index in [9.17, 15) is 19.2 Å². The van der Waals surface area contributed by atoms with E-state index >= 15 is 8.78 Å². The van der Waals surface area contributed by atoms with Gasteiger partial charge in [0.05, 0.1) is 11.1 Å². The van der Waals surface area contributed by atoms with Crippen LogP contribution < -0.4 is 10.6 Å². The van der Waals surface area contributed by atoms with Crippen LogP contribution in [0.5, 0.6) is 0 Å². The predicted molar refractivity (Wildman–Crippen MR) is 193 cm³/mol. The van der Waals surface area contributed by atoms with Gasteiger partial charge in [0.25, 0.3) is 11.8 Å². The normalized spacial score (nSPS) is 15.6. The fourth-order valence-electron chi connectivity index (χ4n) is 6.90. The minimum atomic E-state index is -1.05. The number of aryl methyl sites for hydroxylation is 2. The third-order valence-electron chi connectivity index (χ3n) is 9.70. The van der Waals surface area contributed by atoms with Crippen molar-refractivity contribution >= 4 is 46.2 Å². The number of rotatable bonds is 11. The van der Waals surface area contributed by atoms with E-state index in [1.807, 2.05) is 18.2 Å². The lowest BCUT2D eigenvalue weighted by Crippen LogP contribution is -2.58. The first kappa shape index (κ1) is 35.9. The Balaban J connectivity index is 1.17. The SMILES string of the molecule is CC1(C)CN(C=O)CCN1Cc1cccc(C(=O)Nc2sc3c(c2C(=O)Nc2cc(F)c(CCc4ccc(C(=O)O)cc4)c(F)c2)CCCC3)c1. The highest BCUT2D eigenvalue weighted by Gasteiger charge is 2.33. The Hall–Kier alpha value is -4.94. The number of hydrogen-bond acceptors (Lipinski definition) is 6. The standard InChI is InChI=1S/C39H40F2N4O5S/c1-39(2)22-44(23-46)16-17-45(39)21-25-6-5-7-27(18-25)35(47)43-37-34(30-8-3-4-9-33(30)51-37)36(48)42-28-19-31(40)29(32(41)20-28)15-12-24-10-13-26(14-11-24)38(49)50/h5-7,10-11,13-14,18-20,23H,3-4,8-9,12,15-17,21-22H2,1-2H3,(H,42,48)(H,43,47)(H,49,50). The number of piperazine rings is 1. The number of halogens is 2. The second kappa shape index (κ2) is 15.1. The van der Waals surface area contributed by atoms with Gasteiger partial charge in [-0.2, -0.15) is 0 Å². The molecule has 0 saturated carbocycles. The molecule has 266 valence electrons. The molecule has 1 saturated heterocycles. The van der Waals surface area contributed by atoms with Gasteiger partial charge >= 0.3 is 5.97 Å². The summed E-state index contributed by atoms with van der Waals surface area (Å²) in [6, 6.07) is 15.6. The first-order valence-electron chi connectivity index (χ1n) is 17.0. The van der Waals surface area contributed by atoms with Gasteiger partial charge in [-0.3, -0.25) is 19.3 Å². The average Bonchev–Trinajstić information content (AvgIpc) is 3.46. The Bertz CT molecular complexity index is 1950. The zero-order valence-electron chi connectivity index (χ0n) is 28.6. The van der Waals surface area contributed by atoms with Crippen LogP contribution in [0.4, 0.5) is 19.5 Å². The van der Waals surface area contributed by atoms with Gasteiger partial charge in [-0.05, 0) is 105 Å². The number of anilines is 2. The van der Waals surface area contributed by atoms with E-state index in [0.29, 0.717) is 55.1 Å². The molecule has 0 unspecified atom stereocenters. The minimum Gasteiger partial charge on any atom is -0.478 e. The Kier molecular flexibility index (Phi) is 10.6. The summed E-state index contributed by atoms with van der Waals surface area (Å²) in [6.45, 7) is 6.75. The molecule has 1 aromatic heterocycles. The van der Waals surface area contributed by atoms with Crippen molar-refractivity contribution in [3.05, 3.63) is 116 Å². The number of fused-ring (bicyclic) bond motifs is 1. The molecule has 0 atom stereocenters. The number of carboxylic acids is 1. The maximum Gasteiger partial charge on any atom is 0.335 e. The third kappa shape index (κ3) is 8.18. The van der Waals surface area contributed by atoms with Gasteiger partial charge in [-0.15, -0.1) is 11.3 Å². The maximum absolute atomic E-state index is 15.2. The third-order valence-corrected chi connectivity index (χ3v) is 10.9. The van der Waals surface area contributed by atoms with E-state index in [0.717, 1.165) is 59.4 Å². The Morgan fingerprint density at radius 2 is 1.61 bits per heavy atom. The number of amides is 3. The number of nitrogens with zero attached hydrogens (tertiary/aromatic N) is 2. The van der Waals surface area contributed by atoms with Crippen molar-refractivity contribution in [1.29, 1.82) is 0 Å². The van der Waals surface area contributed by atoms with Gasteiger partial charge in [0.1, 0.15) is 16.6 Å². The molecule has 51 heavy (non-hydrogen) atoms. The number of benzene rings is 3. The molecule has 2 heterocycles. The molecule has 3 aromatic carbocycles. The summed E-state index contributed by atoms with van der Waals surface area (Å²) in [5, 5.41) is 15.1. The molecule has 1 fully saturated rings. The monoisotopic (exact) mass is 714 g/mol. The van der Waals surface area contributed by atoms with Gasteiger partial charge in [-0.25, -0.2) is 13.6 Å². The largest absolute Gasteiger partial charge is 0.478 e. The van der Waals surface area contributed by atoms with Crippen molar-refractivity contribution in [2.75, 3.05) is 30.3 Å². The molecular weight excluding hydrogens is 675 g/mol. The van der Waals surface area contributed by atoms with Crippen molar-refractivity contribution in [3.63, 3.8) is 0 Å². The number of hydrogen-bond donors (Lipinski definition) is 3. The molecule has 1 aliphatic carbocycles. The summed E-state index contributed by atoms with van der Waals surface area (Å²) < 4.78 is 30.4. The van der Waals surface area contributed by atoms with E-state index in [-0.39, 0.29) is 34.7 Å². The molecule has 6 rings (SSSR count). The first-order valence-corrected chi connectivity index (χ1v) is 17.8. The molecule has 1 aliphatic heterocycles. The summed E-state index contributed by atoms with van der Waals surface area (Å²) in [7, 11) is 0. The first-order chi connectivity index (χ1) is 24.4. The molecule has 0 bridgehead atoms. The molecule has 0 spiro atoms. The Labute approximate surface area is 299 Å². The van der Waals surface area contributed by atoms with Gasteiger partial charge < -0.3 is 20.6 Å². The van der Waals surface area contributed by atoms with Gasteiger partial charge in [0.2, 0.25) is 6.41 Å². The summed E-state index contributed by atoms with van der Waals surface area (Å²) in [5.41, 5.74) is 2.99. The summed E-state index contributed by atoms with van der Waals surface area (Å²) in [5.74, 6) is -3.58. The highest BCUT2D eigenvalue weighted by Crippen LogP contribution is 2.39. The molecule has 9 nitrogen and oxygen atoms in total. The average molecular weight is 715 g/mol. The van der Waals surface area contributed by atoms with Crippen LogP contribution in [0.1, 0.15) is 84.9 Å². The van der Waals surface area contributed by atoms with Crippen molar-refractivity contribution in [2.24, 2.45) is 0 Å². The fraction of sp³-hybridized carbons (Fsp3) is 0.333. The number of carbonyl (C=O) groups excluding carboxylic acids is 3. The Morgan fingerprint density at radius 1 is 0.882 bits per heavy atom. The van der Waals surface area contributed by atoms with Crippen LogP contribution in [0, 0.1) is 11.6 Å². The van der Waals surface area contributed by atoms with Crippen molar-refractivity contribution in [3.8, 4) is 0 Å². The zero-order chi connectivity index (χ0) is 36.3. The Morgan fingerprint density at radius 3 is 2.29 bits per heavy atom. The second-order valence-electron chi connectivity index (χ2n) is 13.8. The number of carbonyl (C=O) groups is 4. The van der Waals surface area contributed by atoms with Crippen LogP contribution in [0.25, 0.3) is 0 Å². The molecule has 4 aromatic rings. The molecule has 12 heteroatoms. The zero-order valence-corrected chi connectivity index (χ0v) is 29.4. The van der Waals surface area contributed by atoms with E-state index in [1.54, 1.807) is 23.1 Å². The van der Waals surface area contributed by atoms with Crippen molar-refractivity contribution in [1.82, 2.24) is 9.80 Å². The van der Waals surface area contributed by atoms with E-state index < -0.39 is 23.5 Å². The topological polar surface area (TPSA) is 119 Å². The molecule has 2 aliphatic rings. The van der Waals surface area contributed by atoms with Gasteiger partial charge in [-0.1, -0.05) is 24.3 Å². The number of aromatic carboxylic acids is 1. The quantitative estimate of drug-likeness (QED) is 0.145. The molecular formula is C39H40F2N4O5S. The lowest BCUT2D eigenvalue weighted by atomic mass is 9.95. The minimum absolute atomic E-state index is 0.0396. The van der Waals surface area contributed by atoms with Crippen LogP contribution in [-0.2, 0) is 37.0 Å². The lowest BCUT2D eigenvalue weighted by Gasteiger charge is -2.46. The van der Waals surface area contributed by atoms with E-state index in [2.05, 4.69) is 29.4 Å². The van der Waals surface area contributed by atoms with Crippen LogP contribution in [0.3, 0.4) is 0 Å². The number of nitrogens with one attached hydrogen (secondary N) is 2. The summed E-state index contributed by atoms with van der Waals surface area (Å²) in [6.07, 6.45) is 4.49. The number of carboxylic acid groups (broad SMARTS) is 1. The smallest absolute Gasteiger partial charge is 0.335 e. The predicted octanol–water partition coefficient (Wildman–Crippen LogP) is 6.95. The van der Waals surface area contributed by atoms with Crippen molar-refractivity contribution < 1.29 is 33.1 Å².